The fourth-order valence-corrected chi connectivity index (χ4v) is 1.62. The number of nitro benzene ring substituents is 1. The Labute approximate surface area is 111 Å². The minimum absolute atomic E-state index is 0.180. The molecule has 8 nitrogen and oxygen atoms in total. The minimum atomic E-state index is -1.51. The zero-order valence-corrected chi connectivity index (χ0v) is 10.2. The molecule has 104 valence electrons. The van der Waals surface area contributed by atoms with Gasteiger partial charge >= 0.3 is 5.97 Å². The molecule has 2 rings (SSSR count). The summed E-state index contributed by atoms with van der Waals surface area (Å²) in [6, 6.07) is 1.45. The molecule has 0 saturated heterocycles. The fraction of sp³-hybridized carbons (Fsp3) is 0.0909. The molecule has 0 bridgehead atoms. The van der Waals surface area contributed by atoms with Crippen molar-refractivity contribution in [2.75, 3.05) is 5.32 Å². The number of aryl methyl sites for hydroxylation is 1. The second-order valence-corrected chi connectivity index (χ2v) is 3.94. The van der Waals surface area contributed by atoms with Gasteiger partial charge in [-0.15, -0.1) is 0 Å². The second-order valence-electron chi connectivity index (χ2n) is 3.94. The number of aromatic carboxylic acids is 1. The van der Waals surface area contributed by atoms with E-state index in [1.165, 1.54) is 10.9 Å². The first kappa shape index (κ1) is 13.5. The van der Waals surface area contributed by atoms with Crippen molar-refractivity contribution in [1.82, 2.24) is 9.78 Å². The third kappa shape index (κ3) is 2.55. The van der Waals surface area contributed by atoms with Crippen LogP contribution in [0.1, 0.15) is 10.4 Å². The Hall–Kier alpha value is -2.97. The van der Waals surface area contributed by atoms with Gasteiger partial charge in [0.1, 0.15) is 5.56 Å². The van der Waals surface area contributed by atoms with Gasteiger partial charge in [-0.1, -0.05) is 0 Å². The lowest BCUT2D eigenvalue weighted by molar-refractivity contribution is -0.385. The Bertz CT molecular complexity index is 698. The van der Waals surface area contributed by atoms with Crippen LogP contribution in [0.4, 0.5) is 21.5 Å². The highest BCUT2D eigenvalue weighted by atomic mass is 19.1. The quantitative estimate of drug-likeness (QED) is 0.653. The van der Waals surface area contributed by atoms with Gasteiger partial charge in [-0.3, -0.25) is 14.8 Å². The molecular weight excluding hydrogens is 271 g/mol. The molecule has 0 aliphatic heterocycles. The highest BCUT2D eigenvalue weighted by Gasteiger charge is 2.23. The molecular formula is C11H9FN4O4. The van der Waals surface area contributed by atoms with E-state index in [1.54, 1.807) is 13.2 Å². The van der Waals surface area contributed by atoms with Crippen molar-refractivity contribution in [2.24, 2.45) is 7.05 Å². The van der Waals surface area contributed by atoms with Crippen molar-refractivity contribution in [3.05, 3.63) is 46.0 Å². The average molecular weight is 280 g/mol. The van der Waals surface area contributed by atoms with Gasteiger partial charge in [-0.2, -0.15) is 5.10 Å². The van der Waals surface area contributed by atoms with E-state index in [9.17, 15) is 19.3 Å². The summed E-state index contributed by atoms with van der Waals surface area (Å²) in [6.45, 7) is 0. The van der Waals surface area contributed by atoms with Crippen LogP contribution in [-0.2, 0) is 7.05 Å². The van der Waals surface area contributed by atoms with E-state index in [2.05, 4.69) is 10.4 Å². The Morgan fingerprint density at radius 3 is 2.75 bits per heavy atom. The highest BCUT2D eigenvalue weighted by Crippen LogP contribution is 2.28. The van der Waals surface area contributed by atoms with Crippen molar-refractivity contribution >= 4 is 23.0 Å². The van der Waals surface area contributed by atoms with Gasteiger partial charge in [0.25, 0.3) is 5.69 Å². The number of rotatable bonds is 4. The number of anilines is 2. The Morgan fingerprint density at radius 2 is 2.25 bits per heavy atom. The van der Waals surface area contributed by atoms with Crippen molar-refractivity contribution in [3.8, 4) is 0 Å². The molecule has 1 aromatic carbocycles. The van der Waals surface area contributed by atoms with Crippen LogP contribution in [0, 0.1) is 15.9 Å². The molecule has 0 aliphatic carbocycles. The summed E-state index contributed by atoms with van der Waals surface area (Å²) in [5, 5.41) is 26.1. The smallest absolute Gasteiger partial charge is 0.342 e. The summed E-state index contributed by atoms with van der Waals surface area (Å²) in [5.41, 5.74) is -1.15. The SMILES string of the molecule is Cn1cc(Nc2cc(C(=O)O)c([N+](=O)[O-])cc2F)cn1. The first-order chi connectivity index (χ1) is 9.38. The molecule has 1 aromatic heterocycles. The predicted molar refractivity (Wildman–Crippen MR) is 66.5 cm³/mol. The van der Waals surface area contributed by atoms with Crippen molar-refractivity contribution < 1.29 is 19.2 Å². The lowest BCUT2D eigenvalue weighted by Gasteiger charge is -2.07. The van der Waals surface area contributed by atoms with Crippen LogP contribution >= 0.6 is 0 Å². The van der Waals surface area contributed by atoms with Gasteiger partial charge in [0.15, 0.2) is 5.82 Å². The van der Waals surface area contributed by atoms with Gasteiger partial charge < -0.3 is 10.4 Å². The van der Waals surface area contributed by atoms with E-state index < -0.39 is 28.0 Å². The van der Waals surface area contributed by atoms with Crippen molar-refractivity contribution in [3.63, 3.8) is 0 Å². The predicted octanol–water partition coefficient (Wildman–Crippen LogP) is 1.91. The Balaban J connectivity index is 2.46. The summed E-state index contributed by atoms with van der Waals surface area (Å²) >= 11 is 0. The van der Waals surface area contributed by atoms with Gasteiger partial charge in [0.2, 0.25) is 0 Å². The van der Waals surface area contributed by atoms with E-state index in [0.717, 1.165) is 6.07 Å². The van der Waals surface area contributed by atoms with Crippen LogP contribution in [-0.4, -0.2) is 25.8 Å². The molecule has 0 radical (unpaired) electrons. The topological polar surface area (TPSA) is 110 Å². The third-order valence-corrected chi connectivity index (χ3v) is 2.50. The monoisotopic (exact) mass is 280 g/mol. The van der Waals surface area contributed by atoms with Gasteiger partial charge in [-0.25, -0.2) is 9.18 Å². The van der Waals surface area contributed by atoms with Crippen LogP contribution in [0.2, 0.25) is 0 Å². The van der Waals surface area contributed by atoms with Gasteiger partial charge in [-0.05, 0) is 6.07 Å². The molecule has 20 heavy (non-hydrogen) atoms. The number of hydrogen-bond donors (Lipinski definition) is 2. The maximum Gasteiger partial charge on any atom is 0.342 e. The van der Waals surface area contributed by atoms with E-state index >= 15 is 0 Å². The van der Waals surface area contributed by atoms with Gasteiger partial charge in [0.05, 0.1) is 28.6 Å². The molecule has 0 atom stereocenters. The zero-order valence-electron chi connectivity index (χ0n) is 10.2. The molecule has 0 spiro atoms. The largest absolute Gasteiger partial charge is 0.477 e. The number of carboxylic acid groups (broad SMARTS) is 1. The second kappa shape index (κ2) is 4.96. The molecule has 9 heteroatoms. The lowest BCUT2D eigenvalue weighted by atomic mass is 10.1. The normalized spacial score (nSPS) is 10.3. The standard InChI is InChI=1S/C11H9FN4O4/c1-15-5-6(4-13-15)14-9-2-7(11(17)18)10(16(19)20)3-8(9)12/h2-5,14H,1H3,(H,17,18). The number of aromatic nitrogens is 2. The van der Waals surface area contributed by atoms with Crippen LogP contribution in [0.5, 0.6) is 0 Å². The van der Waals surface area contributed by atoms with Crippen LogP contribution in [0.15, 0.2) is 24.5 Å². The van der Waals surface area contributed by atoms with E-state index in [-0.39, 0.29) is 5.69 Å². The first-order valence-corrected chi connectivity index (χ1v) is 5.35. The van der Waals surface area contributed by atoms with Crippen LogP contribution in [0.25, 0.3) is 0 Å². The average Bonchev–Trinajstić information content (AvgIpc) is 2.76. The molecule has 0 fully saturated rings. The van der Waals surface area contributed by atoms with E-state index in [4.69, 9.17) is 5.11 Å². The molecule has 0 unspecified atom stereocenters. The number of carboxylic acids is 1. The zero-order chi connectivity index (χ0) is 14.9. The summed E-state index contributed by atoms with van der Waals surface area (Å²) in [4.78, 5) is 20.7. The molecule has 0 aliphatic rings. The fourth-order valence-electron chi connectivity index (χ4n) is 1.62. The number of benzene rings is 1. The number of nitrogens with zero attached hydrogens (tertiary/aromatic N) is 3. The van der Waals surface area contributed by atoms with E-state index in [0.29, 0.717) is 11.8 Å². The summed E-state index contributed by atoms with van der Waals surface area (Å²) < 4.78 is 15.2. The molecule has 0 amide bonds. The van der Waals surface area contributed by atoms with Crippen molar-refractivity contribution in [2.45, 2.75) is 0 Å². The molecule has 0 saturated carbocycles. The van der Waals surface area contributed by atoms with Crippen LogP contribution < -0.4 is 5.32 Å². The third-order valence-electron chi connectivity index (χ3n) is 2.50. The van der Waals surface area contributed by atoms with Crippen molar-refractivity contribution in [1.29, 1.82) is 0 Å². The summed E-state index contributed by atoms with van der Waals surface area (Å²) in [5.74, 6) is -2.43. The molecule has 2 N–H and O–H groups in total. The summed E-state index contributed by atoms with van der Waals surface area (Å²) in [6.07, 6.45) is 2.95. The van der Waals surface area contributed by atoms with Crippen LogP contribution in [0.3, 0.4) is 0 Å². The number of carbonyl (C=O) groups is 1. The number of nitrogens with one attached hydrogen (secondary N) is 1. The van der Waals surface area contributed by atoms with Gasteiger partial charge in [0, 0.05) is 13.2 Å². The number of nitro groups is 1. The Kier molecular flexibility index (Phi) is 3.34. The minimum Gasteiger partial charge on any atom is -0.477 e. The van der Waals surface area contributed by atoms with E-state index in [1.807, 2.05) is 0 Å². The Morgan fingerprint density at radius 1 is 1.55 bits per heavy atom. The maximum atomic E-state index is 13.8. The number of hydrogen-bond acceptors (Lipinski definition) is 5. The first-order valence-electron chi connectivity index (χ1n) is 5.35. The summed E-state index contributed by atoms with van der Waals surface area (Å²) in [7, 11) is 1.65. The lowest BCUT2D eigenvalue weighted by Crippen LogP contribution is -2.05. The molecule has 2 aromatic rings. The highest BCUT2D eigenvalue weighted by molar-refractivity contribution is 5.94. The molecule has 1 heterocycles. The maximum absolute atomic E-state index is 13.8. The number of halogens is 1.